The monoisotopic (exact) mass is 378 g/mol. The zero-order valence-electron chi connectivity index (χ0n) is 13.5. The van der Waals surface area contributed by atoms with Crippen molar-refractivity contribution in [3.63, 3.8) is 0 Å². The molecule has 0 spiro atoms. The van der Waals surface area contributed by atoms with E-state index in [0.717, 1.165) is 0 Å². The van der Waals surface area contributed by atoms with Crippen LogP contribution in [-0.4, -0.2) is 26.2 Å². The third kappa shape index (κ3) is 5.10. The van der Waals surface area contributed by atoms with Crippen LogP contribution in [0.5, 0.6) is 0 Å². The van der Waals surface area contributed by atoms with E-state index in [1.165, 1.54) is 6.08 Å². The zero-order valence-corrected chi connectivity index (χ0v) is 15.0. The number of hydrogen-bond donors (Lipinski definition) is 1. The Hall–Kier alpha value is -2.26. The van der Waals surface area contributed by atoms with Crippen LogP contribution in [-0.2, 0) is 9.53 Å². The Bertz CT molecular complexity index is 822. The smallest absolute Gasteiger partial charge is 0.262 e. The molecule has 0 aliphatic heterocycles. The van der Waals surface area contributed by atoms with E-state index in [4.69, 9.17) is 32.4 Å². The first-order chi connectivity index (χ1) is 12.1. The summed E-state index contributed by atoms with van der Waals surface area (Å²) in [6.45, 7) is 0.959. The fraction of sp³-hybridized carbons (Fsp3) is 0.222. The van der Waals surface area contributed by atoms with Crippen LogP contribution in [0.1, 0.15) is 12.2 Å². The van der Waals surface area contributed by atoms with E-state index in [2.05, 4.69) is 5.32 Å². The summed E-state index contributed by atoms with van der Waals surface area (Å²) in [5, 5.41) is 12.6. The molecule has 0 atom stereocenters. The van der Waals surface area contributed by atoms with Crippen LogP contribution in [0, 0.1) is 11.3 Å². The van der Waals surface area contributed by atoms with Gasteiger partial charge in [-0.3, -0.25) is 4.79 Å². The molecule has 1 amide bonds. The molecule has 1 heterocycles. The number of methoxy groups -OCH3 is 1. The molecule has 0 saturated heterocycles. The lowest BCUT2D eigenvalue weighted by molar-refractivity contribution is -0.117. The van der Waals surface area contributed by atoms with E-state index in [1.807, 2.05) is 6.07 Å². The van der Waals surface area contributed by atoms with Crippen molar-refractivity contribution < 1.29 is 13.9 Å². The second kappa shape index (κ2) is 9.28. The molecule has 130 valence electrons. The predicted molar refractivity (Wildman–Crippen MR) is 97.3 cm³/mol. The summed E-state index contributed by atoms with van der Waals surface area (Å²) < 4.78 is 10.6. The van der Waals surface area contributed by atoms with Crippen molar-refractivity contribution >= 4 is 35.2 Å². The van der Waals surface area contributed by atoms with Gasteiger partial charge in [0, 0.05) is 31.9 Å². The van der Waals surface area contributed by atoms with E-state index >= 15 is 0 Å². The van der Waals surface area contributed by atoms with Crippen molar-refractivity contribution in [2.45, 2.75) is 6.42 Å². The fourth-order valence-electron chi connectivity index (χ4n) is 2.07. The number of nitrogens with one attached hydrogen (secondary N) is 1. The number of halogens is 2. The lowest BCUT2D eigenvalue weighted by atomic mass is 10.2. The molecule has 1 aromatic carbocycles. The number of benzene rings is 1. The molecule has 0 unspecified atom stereocenters. The van der Waals surface area contributed by atoms with Gasteiger partial charge in [0.2, 0.25) is 0 Å². The lowest BCUT2D eigenvalue weighted by Crippen LogP contribution is -2.26. The molecule has 7 heteroatoms. The Morgan fingerprint density at radius 1 is 1.36 bits per heavy atom. The zero-order chi connectivity index (χ0) is 18.2. The van der Waals surface area contributed by atoms with Crippen LogP contribution in [0.2, 0.25) is 10.0 Å². The number of carbonyl (C=O) groups is 1. The molecule has 2 aromatic rings. The van der Waals surface area contributed by atoms with Crippen molar-refractivity contribution in [2.24, 2.45) is 0 Å². The van der Waals surface area contributed by atoms with Crippen molar-refractivity contribution in [3.8, 4) is 17.4 Å². The summed E-state index contributed by atoms with van der Waals surface area (Å²) in [6, 6.07) is 10.4. The molecule has 0 saturated carbocycles. The molecule has 1 N–H and O–H groups in total. The van der Waals surface area contributed by atoms with Crippen LogP contribution in [0.15, 0.2) is 40.3 Å². The minimum absolute atomic E-state index is 0.0458. The molecule has 0 aliphatic carbocycles. The molecule has 2 rings (SSSR count). The number of nitriles is 1. The summed E-state index contributed by atoms with van der Waals surface area (Å²) in [5.41, 5.74) is 0.590. The Labute approximate surface area is 155 Å². The molecule has 0 bridgehead atoms. The fourth-order valence-corrected chi connectivity index (χ4v) is 2.47. The lowest BCUT2D eigenvalue weighted by Gasteiger charge is -2.03. The maximum atomic E-state index is 12.0. The van der Waals surface area contributed by atoms with Gasteiger partial charge >= 0.3 is 0 Å². The maximum absolute atomic E-state index is 12.0. The van der Waals surface area contributed by atoms with E-state index in [-0.39, 0.29) is 5.57 Å². The standard InChI is InChI=1S/C18H16Cl2N2O3/c1-24-9-3-8-22-18(23)12(11-21)10-13-6-7-16(25-13)14-4-2-5-15(19)17(14)20/h2,4-7,10H,3,8-9H2,1H3,(H,22,23)/b12-10+. The predicted octanol–water partition coefficient (Wildman–Crippen LogP) is 4.31. The Morgan fingerprint density at radius 2 is 2.16 bits per heavy atom. The van der Waals surface area contributed by atoms with Crippen molar-refractivity contribution in [3.05, 3.63) is 51.7 Å². The number of hydrogen-bond acceptors (Lipinski definition) is 4. The highest BCUT2D eigenvalue weighted by molar-refractivity contribution is 6.43. The van der Waals surface area contributed by atoms with Gasteiger partial charge in [-0.05, 0) is 30.7 Å². The van der Waals surface area contributed by atoms with E-state index < -0.39 is 5.91 Å². The van der Waals surface area contributed by atoms with Gasteiger partial charge in [0.1, 0.15) is 23.2 Å². The molecule has 25 heavy (non-hydrogen) atoms. The second-order valence-electron chi connectivity index (χ2n) is 5.08. The highest BCUT2D eigenvalue weighted by atomic mass is 35.5. The summed E-state index contributed by atoms with van der Waals surface area (Å²) >= 11 is 12.2. The van der Waals surface area contributed by atoms with Gasteiger partial charge < -0.3 is 14.5 Å². The number of carbonyl (C=O) groups excluding carboxylic acids is 1. The van der Waals surface area contributed by atoms with Gasteiger partial charge in [-0.25, -0.2) is 0 Å². The van der Waals surface area contributed by atoms with Crippen LogP contribution in [0.3, 0.4) is 0 Å². The van der Waals surface area contributed by atoms with Crippen LogP contribution in [0.25, 0.3) is 17.4 Å². The minimum atomic E-state index is -0.461. The van der Waals surface area contributed by atoms with E-state index in [1.54, 1.807) is 37.4 Å². The first-order valence-electron chi connectivity index (χ1n) is 7.50. The number of amides is 1. The minimum Gasteiger partial charge on any atom is -0.457 e. The summed E-state index contributed by atoms with van der Waals surface area (Å²) in [6.07, 6.45) is 2.05. The molecule has 0 fully saturated rings. The van der Waals surface area contributed by atoms with Gasteiger partial charge in [0.25, 0.3) is 5.91 Å². The second-order valence-corrected chi connectivity index (χ2v) is 5.86. The first kappa shape index (κ1) is 19.1. The number of rotatable bonds is 7. The summed E-state index contributed by atoms with van der Waals surface area (Å²) in [7, 11) is 1.59. The molecule has 1 aromatic heterocycles. The molecular formula is C18H16Cl2N2O3. The summed E-state index contributed by atoms with van der Waals surface area (Å²) in [5.74, 6) is 0.406. The van der Waals surface area contributed by atoms with Gasteiger partial charge in [-0.15, -0.1) is 0 Å². The van der Waals surface area contributed by atoms with E-state index in [0.29, 0.717) is 46.7 Å². The van der Waals surface area contributed by atoms with Crippen LogP contribution in [0.4, 0.5) is 0 Å². The summed E-state index contributed by atoms with van der Waals surface area (Å²) in [4.78, 5) is 12.0. The molecule has 0 aliphatic rings. The largest absolute Gasteiger partial charge is 0.457 e. The Kier molecular flexibility index (Phi) is 7.08. The molecule has 5 nitrogen and oxygen atoms in total. The third-order valence-electron chi connectivity index (χ3n) is 3.31. The normalized spacial score (nSPS) is 11.2. The molecule has 0 radical (unpaired) electrons. The van der Waals surface area contributed by atoms with Crippen LogP contribution < -0.4 is 5.32 Å². The van der Waals surface area contributed by atoms with Crippen molar-refractivity contribution in [1.29, 1.82) is 5.26 Å². The van der Waals surface area contributed by atoms with Crippen molar-refractivity contribution in [1.82, 2.24) is 5.32 Å². The van der Waals surface area contributed by atoms with Gasteiger partial charge in [-0.1, -0.05) is 29.3 Å². The first-order valence-corrected chi connectivity index (χ1v) is 8.25. The van der Waals surface area contributed by atoms with E-state index in [9.17, 15) is 10.1 Å². The number of nitrogens with zero attached hydrogens (tertiary/aromatic N) is 1. The number of furan rings is 1. The Morgan fingerprint density at radius 3 is 2.88 bits per heavy atom. The Balaban J connectivity index is 2.15. The van der Waals surface area contributed by atoms with Gasteiger partial charge in [-0.2, -0.15) is 5.26 Å². The maximum Gasteiger partial charge on any atom is 0.262 e. The van der Waals surface area contributed by atoms with Crippen LogP contribution >= 0.6 is 23.2 Å². The topological polar surface area (TPSA) is 75.3 Å². The average molecular weight is 379 g/mol. The average Bonchev–Trinajstić information content (AvgIpc) is 3.07. The molecular weight excluding hydrogens is 363 g/mol. The SMILES string of the molecule is COCCCNC(=O)/C(C#N)=C/c1ccc(-c2cccc(Cl)c2Cl)o1. The highest BCUT2D eigenvalue weighted by Crippen LogP contribution is 2.34. The van der Waals surface area contributed by atoms with Crippen molar-refractivity contribution in [2.75, 3.05) is 20.3 Å². The van der Waals surface area contributed by atoms with Gasteiger partial charge in [0.15, 0.2) is 0 Å². The van der Waals surface area contributed by atoms with Gasteiger partial charge in [0.05, 0.1) is 10.0 Å². The third-order valence-corrected chi connectivity index (χ3v) is 4.13. The quantitative estimate of drug-likeness (QED) is 0.442. The number of ether oxygens (including phenoxy) is 1. The highest BCUT2D eigenvalue weighted by Gasteiger charge is 2.13.